The molecule has 0 heterocycles. The van der Waals surface area contributed by atoms with Gasteiger partial charge < -0.3 is 10.2 Å². The van der Waals surface area contributed by atoms with Gasteiger partial charge in [0.15, 0.2) is 0 Å². The molecule has 0 aromatic heterocycles. The van der Waals surface area contributed by atoms with E-state index in [-0.39, 0.29) is 0 Å². The fourth-order valence-corrected chi connectivity index (χ4v) is 2.24. The Morgan fingerprint density at radius 3 is 2.35 bits per heavy atom. The zero-order chi connectivity index (χ0) is 12.8. The average molecular weight is 275 g/mol. The minimum absolute atomic E-state index is 0.442. The van der Waals surface area contributed by atoms with Gasteiger partial charge in [-0.15, -0.1) is 0 Å². The van der Waals surface area contributed by atoms with Gasteiger partial charge in [-0.05, 0) is 44.3 Å². The zero-order valence-electron chi connectivity index (χ0n) is 10.6. The molecule has 1 N–H and O–H groups in total. The first kappa shape index (κ1) is 14.8. The standard InChI is InChI=1S/C13H20Cl2N2/c1-4-17(3)9-10(2)16-8-11-5-12(14)7-13(15)6-11/h5-7,10,16H,4,8-9H2,1-3H3. The molecule has 0 saturated heterocycles. The summed E-state index contributed by atoms with van der Waals surface area (Å²) in [5.41, 5.74) is 1.12. The molecule has 0 bridgehead atoms. The van der Waals surface area contributed by atoms with Gasteiger partial charge in [0.1, 0.15) is 0 Å². The van der Waals surface area contributed by atoms with Crippen LogP contribution < -0.4 is 5.32 Å². The maximum Gasteiger partial charge on any atom is 0.0424 e. The molecule has 4 heteroatoms. The molecule has 96 valence electrons. The van der Waals surface area contributed by atoms with Crippen molar-refractivity contribution in [3.8, 4) is 0 Å². The van der Waals surface area contributed by atoms with Crippen LogP contribution in [0.4, 0.5) is 0 Å². The van der Waals surface area contributed by atoms with E-state index in [1.54, 1.807) is 6.07 Å². The Balaban J connectivity index is 2.44. The summed E-state index contributed by atoms with van der Waals surface area (Å²) in [6, 6.07) is 6.08. The van der Waals surface area contributed by atoms with Crippen LogP contribution in [0, 0.1) is 0 Å². The normalized spacial score (nSPS) is 13.1. The van der Waals surface area contributed by atoms with Crippen LogP contribution in [0.1, 0.15) is 19.4 Å². The molecule has 0 spiro atoms. The molecule has 0 amide bonds. The van der Waals surface area contributed by atoms with Crippen molar-refractivity contribution in [2.45, 2.75) is 26.4 Å². The van der Waals surface area contributed by atoms with E-state index in [2.05, 4.69) is 31.1 Å². The second-order valence-electron chi connectivity index (χ2n) is 4.41. The largest absolute Gasteiger partial charge is 0.309 e. The molecule has 1 atom stereocenters. The third-order valence-electron chi connectivity index (χ3n) is 2.70. The Hall–Kier alpha value is -0.280. The number of nitrogens with one attached hydrogen (secondary N) is 1. The van der Waals surface area contributed by atoms with Crippen LogP contribution in [0.15, 0.2) is 18.2 Å². The molecule has 1 aromatic carbocycles. The minimum Gasteiger partial charge on any atom is -0.309 e. The highest BCUT2D eigenvalue weighted by Gasteiger charge is 2.05. The Morgan fingerprint density at radius 2 is 1.82 bits per heavy atom. The molecule has 0 radical (unpaired) electrons. The van der Waals surface area contributed by atoms with Gasteiger partial charge in [-0.25, -0.2) is 0 Å². The Morgan fingerprint density at radius 1 is 1.24 bits per heavy atom. The van der Waals surface area contributed by atoms with Gasteiger partial charge in [0, 0.05) is 29.2 Å². The van der Waals surface area contributed by atoms with Gasteiger partial charge in [0.2, 0.25) is 0 Å². The third kappa shape index (κ3) is 5.73. The second kappa shape index (κ2) is 7.22. The van der Waals surface area contributed by atoms with Crippen LogP contribution >= 0.6 is 23.2 Å². The molecule has 0 aliphatic rings. The van der Waals surface area contributed by atoms with Crippen LogP contribution in [-0.2, 0) is 6.54 Å². The molecule has 1 aromatic rings. The summed E-state index contributed by atoms with van der Waals surface area (Å²) < 4.78 is 0. The lowest BCUT2D eigenvalue weighted by Gasteiger charge is -2.20. The highest BCUT2D eigenvalue weighted by molar-refractivity contribution is 6.34. The zero-order valence-corrected chi connectivity index (χ0v) is 12.1. The molecule has 1 rings (SSSR count). The molecule has 0 saturated carbocycles. The Bertz CT molecular complexity index is 335. The summed E-state index contributed by atoms with van der Waals surface area (Å²) in [7, 11) is 2.12. The highest BCUT2D eigenvalue weighted by atomic mass is 35.5. The van der Waals surface area contributed by atoms with Gasteiger partial charge in [0.05, 0.1) is 0 Å². The first-order valence-electron chi connectivity index (χ1n) is 5.88. The van der Waals surface area contributed by atoms with Crippen LogP contribution in [0.3, 0.4) is 0 Å². The first-order valence-corrected chi connectivity index (χ1v) is 6.63. The van der Waals surface area contributed by atoms with E-state index in [9.17, 15) is 0 Å². The summed E-state index contributed by atoms with van der Waals surface area (Å²) in [6.07, 6.45) is 0. The second-order valence-corrected chi connectivity index (χ2v) is 5.29. The summed E-state index contributed by atoms with van der Waals surface area (Å²) in [6.45, 7) is 7.22. The van der Waals surface area contributed by atoms with Crippen LogP contribution in [0.25, 0.3) is 0 Å². The first-order chi connectivity index (χ1) is 8.01. The van der Waals surface area contributed by atoms with Crippen molar-refractivity contribution < 1.29 is 0 Å². The smallest absolute Gasteiger partial charge is 0.0424 e. The molecule has 0 aliphatic heterocycles. The number of rotatable bonds is 6. The highest BCUT2D eigenvalue weighted by Crippen LogP contribution is 2.18. The third-order valence-corrected chi connectivity index (χ3v) is 3.14. The van der Waals surface area contributed by atoms with Gasteiger partial charge in [-0.1, -0.05) is 30.1 Å². The molecule has 0 aliphatic carbocycles. The monoisotopic (exact) mass is 274 g/mol. The van der Waals surface area contributed by atoms with E-state index >= 15 is 0 Å². The van der Waals surface area contributed by atoms with Gasteiger partial charge in [0.25, 0.3) is 0 Å². The summed E-state index contributed by atoms with van der Waals surface area (Å²) >= 11 is 11.9. The Labute approximate surface area is 114 Å². The molecular formula is C13H20Cl2N2. The van der Waals surface area contributed by atoms with Crippen molar-refractivity contribution in [3.63, 3.8) is 0 Å². The maximum atomic E-state index is 5.95. The fraction of sp³-hybridized carbons (Fsp3) is 0.538. The van der Waals surface area contributed by atoms with E-state index in [4.69, 9.17) is 23.2 Å². The van der Waals surface area contributed by atoms with Gasteiger partial charge in [-0.2, -0.15) is 0 Å². The lowest BCUT2D eigenvalue weighted by atomic mass is 10.2. The van der Waals surface area contributed by atoms with E-state index in [0.717, 1.165) is 25.2 Å². The summed E-state index contributed by atoms with van der Waals surface area (Å²) in [5, 5.41) is 4.83. The van der Waals surface area contributed by atoms with Crippen LogP contribution in [0.2, 0.25) is 10.0 Å². The molecule has 2 nitrogen and oxygen atoms in total. The van der Waals surface area contributed by atoms with Crippen molar-refractivity contribution in [2.24, 2.45) is 0 Å². The van der Waals surface area contributed by atoms with E-state index < -0.39 is 0 Å². The van der Waals surface area contributed by atoms with Gasteiger partial charge >= 0.3 is 0 Å². The average Bonchev–Trinajstić information content (AvgIpc) is 2.25. The molecule has 17 heavy (non-hydrogen) atoms. The number of hydrogen-bond acceptors (Lipinski definition) is 2. The number of hydrogen-bond donors (Lipinski definition) is 1. The van der Waals surface area contributed by atoms with Crippen molar-refractivity contribution in [1.29, 1.82) is 0 Å². The molecular weight excluding hydrogens is 255 g/mol. The fourth-order valence-electron chi connectivity index (χ4n) is 1.67. The van der Waals surface area contributed by atoms with Crippen molar-refractivity contribution in [3.05, 3.63) is 33.8 Å². The maximum absolute atomic E-state index is 5.95. The van der Waals surface area contributed by atoms with Crippen LogP contribution in [0.5, 0.6) is 0 Å². The lowest BCUT2D eigenvalue weighted by Crippen LogP contribution is -2.36. The molecule has 0 fully saturated rings. The van der Waals surface area contributed by atoms with E-state index in [1.807, 2.05) is 12.1 Å². The van der Waals surface area contributed by atoms with Crippen LogP contribution in [-0.4, -0.2) is 31.1 Å². The van der Waals surface area contributed by atoms with Crippen molar-refractivity contribution in [1.82, 2.24) is 10.2 Å². The SMILES string of the molecule is CCN(C)CC(C)NCc1cc(Cl)cc(Cl)c1. The summed E-state index contributed by atoms with van der Waals surface area (Å²) in [5.74, 6) is 0. The van der Waals surface area contributed by atoms with Crippen molar-refractivity contribution in [2.75, 3.05) is 20.1 Å². The predicted octanol–water partition coefficient (Wildman–Crippen LogP) is 3.42. The summed E-state index contributed by atoms with van der Waals surface area (Å²) in [4.78, 5) is 2.28. The topological polar surface area (TPSA) is 15.3 Å². The van der Waals surface area contributed by atoms with E-state index in [0.29, 0.717) is 16.1 Å². The van der Waals surface area contributed by atoms with Crippen molar-refractivity contribution >= 4 is 23.2 Å². The minimum atomic E-state index is 0.442. The lowest BCUT2D eigenvalue weighted by molar-refractivity contribution is 0.309. The number of likely N-dealkylation sites (N-methyl/N-ethyl adjacent to an activating group) is 1. The van der Waals surface area contributed by atoms with Gasteiger partial charge in [-0.3, -0.25) is 0 Å². The predicted molar refractivity (Wildman–Crippen MR) is 75.9 cm³/mol. The van der Waals surface area contributed by atoms with E-state index in [1.165, 1.54) is 0 Å². The quantitative estimate of drug-likeness (QED) is 0.855. The Kier molecular flexibility index (Phi) is 6.28. The number of halogens is 2. The number of nitrogens with zero attached hydrogens (tertiary/aromatic N) is 1. The number of benzene rings is 1. The molecule has 1 unspecified atom stereocenters.